The molecule has 1 aromatic rings. The number of aliphatic hydroxyl groups is 1. The second-order valence-electron chi connectivity index (χ2n) is 4.47. The van der Waals surface area contributed by atoms with Crippen LogP contribution in [-0.4, -0.2) is 26.2 Å². The van der Waals surface area contributed by atoms with Crippen molar-refractivity contribution in [2.75, 3.05) is 17.7 Å². The van der Waals surface area contributed by atoms with Gasteiger partial charge in [0.1, 0.15) is 0 Å². The fourth-order valence-electron chi connectivity index (χ4n) is 1.46. The summed E-state index contributed by atoms with van der Waals surface area (Å²) >= 11 is 0. The van der Waals surface area contributed by atoms with Gasteiger partial charge in [-0.3, -0.25) is 0 Å². The number of nitrogen functional groups attached to an aromatic ring is 1. The molecule has 1 aromatic carbocycles. The predicted molar refractivity (Wildman–Crippen MR) is 71.6 cm³/mol. The van der Waals surface area contributed by atoms with Crippen molar-refractivity contribution in [2.45, 2.75) is 24.8 Å². The Balaban J connectivity index is 3.09. The molecule has 0 heterocycles. The summed E-state index contributed by atoms with van der Waals surface area (Å²) in [5.74, 6) is 0.174. The van der Waals surface area contributed by atoms with Crippen LogP contribution < -0.4 is 16.2 Å². The van der Waals surface area contributed by atoms with Crippen LogP contribution in [0.5, 0.6) is 0 Å². The van der Waals surface area contributed by atoms with Crippen molar-refractivity contribution in [3.05, 3.63) is 18.2 Å². The number of benzene rings is 1. The van der Waals surface area contributed by atoms with Gasteiger partial charge in [-0.15, -0.1) is 0 Å². The second-order valence-corrected chi connectivity index (χ2v) is 6.03. The van der Waals surface area contributed by atoms with Crippen molar-refractivity contribution < 1.29 is 13.5 Å². The molecule has 6 N–H and O–H groups in total. The molecule has 0 saturated heterocycles. The standard InChI is InChI=1S/C11H19N3O3S/c1-7(2)11(6-15)14-10-5-8(18(13,16)17)3-4-9(10)12/h3-5,7,11,14-15H,6,12H2,1-2H3,(H2,13,16,17). The molecule has 6 nitrogen and oxygen atoms in total. The molecular formula is C11H19N3O3S. The molecule has 0 aromatic heterocycles. The van der Waals surface area contributed by atoms with Crippen molar-refractivity contribution in [3.63, 3.8) is 0 Å². The Labute approximate surface area is 107 Å². The van der Waals surface area contributed by atoms with Crippen molar-refractivity contribution in [1.82, 2.24) is 0 Å². The fraction of sp³-hybridized carbons (Fsp3) is 0.455. The first-order valence-electron chi connectivity index (χ1n) is 5.55. The largest absolute Gasteiger partial charge is 0.397 e. The van der Waals surface area contributed by atoms with Crippen LogP contribution in [0.3, 0.4) is 0 Å². The number of primary sulfonamides is 1. The van der Waals surface area contributed by atoms with Crippen LogP contribution >= 0.6 is 0 Å². The lowest BCUT2D eigenvalue weighted by Crippen LogP contribution is -2.30. The van der Waals surface area contributed by atoms with Gasteiger partial charge in [-0.25, -0.2) is 13.6 Å². The molecule has 0 bridgehead atoms. The molecule has 0 saturated carbocycles. The molecule has 7 heteroatoms. The zero-order valence-electron chi connectivity index (χ0n) is 10.4. The summed E-state index contributed by atoms with van der Waals surface area (Å²) in [5.41, 5.74) is 6.61. The van der Waals surface area contributed by atoms with Gasteiger partial charge in [0.25, 0.3) is 0 Å². The fourth-order valence-corrected chi connectivity index (χ4v) is 2.00. The molecule has 0 radical (unpaired) electrons. The number of nitrogens with two attached hydrogens (primary N) is 2. The maximum atomic E-state index is 11.2. The summed E-state index contributed by atoms with van der Waals surface area (Å²) in [7, 11) is -3.76. The molecule has 1 unspecified atom stereocenters. The van der Waals surface area contributed by atoms with Crippen molar-refractivity contribution in [3.8, 4) is 0 Å². The molecular weight excluding hydrogens is 254 g/mol. The average Bonchev–Trinajstić information content (AvgIpc) is 2.25. The van der Waals surface area contributed by atoms with E-state index in [-0.39, 0.29) is 23.5 Å². The number of hydrogen-bond acceptors (Lipinski definition) is 5. The highest BCUT2D eigenvalue weighted by molar-refractivity contribution is 7.89. The van der Waals surface area contributed by atoms with Gasteiger partial charge in [0, 0.05) is 0 Å². The van der Waals surface area contributed by atoms with Crippen LogP contribution in [-0.2, 0) is 10.0 Å². The minimum atomic E-state index is -3.76. The number of rotatable bonds is 5. The SMILES string of the molecule is CC(C)C(CO)Nc1cc(S(N)(=O)=O)ccc1N. The topological polar surface area (TPSA) is 118 Å². The van der Waals surface area contributed by atoms with E-state index in [0.717, 1.165) is 0 Å². The molecule has 1 atom stereocenters. The van der Waals surface area contributed by atoms with E-state index in [4.69, 9.17) is 10.9 Å². The van der Waals surface area contributed by atoms with Gasteiger partial charge >= 0.3 is 0 Å². The Morgan fingerprint density at radius 2 is 2.00 bits per heavy atom. The number of sulfonamides is 1. The van der Waals surface area contributed by atoms with Crippen LogP contribution in [0.15, 0.2) is 23.1 Å². The minimum Gasteiger partial charge on any atom is -0.397 e. The summed E-state index contributed by atoms with van der Waals surface area (Å²) in [6.45, 7) is 3.80. The lowest BCUT2D eigenvalue weighted by atomic mass is 10.0. The van der Waals surface area contributed by atoms with Gasteiger partial charge < -0.3 is 16.2 Å². The number of nitrogens with one attached hydrogen (secondary N) is 1. The lowest BCUT2D eigenvalue weighted by Gasteiger charge is -2.22. The minimum absolute atomic E-state index is 0.0142. The van der Waals surface area contributed by atoms with Crippen LogP contribution in [0.2, 0.25) is 0 Å². The Bertz CT molecular complexity index is 514. The van der Waals surface area contributed by atoms with Gasteiger partial charge in [-0.1, -0.05) is 13.8 Å². The van der Waals surface area contributed by atoms with Gasteiger partial charge in [0.05, 0.1) is 28.9 Å². The Morgan fingerprint density at radius 3 is 2.44 bits per heavy atom. The zero-order valence-corrected chi connectivity index (χ0v) is 11.2. The average molecular weight is 273 g/mol. The summed E-state index contributed by atoms with van der Waals surface area (Å²) in [6.07, 6.45) is 0. The predicted octanol–water partition coefficient (Wildman–Crippen LogP) is 0.345. The zero-order chi connectivity index (χ0) is 13.9. The second kappa shape index (κ2) is 5.55. The third-order valence-corrected chi connectivity index (χ3v) is 3.61. The van der Waals surface area contributed by atoms with Gasteiger partial charge in [-0.2, -0.15) is 0 Å². The first kappa shape index (κ1) is 14.7. The lowest BCUT2D eigenvalue weighted by molar-refractivity contribution is 0.249. The molecule has 0 spiro atoms. The monoisotopic (exact) mass is 273 g/mol. The summed E-state index contributed by atoms with van der Waals surface area (Å²) < 4.78 is 22.5. The summed E-state index contributed by atoms with van der Waals surface area (Å²) in [5, 5.41) is 17.3. The number of aliphatic hydroxyl groups excluding tert-OH is 1. The van der Waals surface area contributed by atoms with Crippen molar-refractivity contribution >= 4 is 21.4 Å². The smallest absolute Gasteiger partial charge is 0.238 e. The number of hydrogen-bond donors (Lipinski definition) is 4. The maximum absolute atomic E-state index is 11.2. The van der Waals surface area contributed by atoms with E-state index in [1.807, 2.05) is 13.8 Å². The van der Waals surface area contributed by atoms with E-state index in [2.05, 4.69) is 5.32 Å². The van der Waals surface area contributed by atoms with Gasteiger partial charge in [0.15, 0.2) is 0 Å². The third kappa shape index (κ3) is 3.59. The van der Waals surface area contributed by atoms with Crippen molar-refractivity contribution in [1.29, 1.82) is 0 Å². The Hall–Kier alpha value is -1.31. The normalized spacial score (nSPS) is 13.6. The quantitative estimate of drug-likeness (QED) is 0.577. The van der Waals surface area contributed by atoms with Crippen LogP contribution in [0, 0.1) is 5.92 Å². The van der Waals surface area contributed by atoms with Gasteiger partial charge in [0.2, 0.25) is 10.0 Å². The highest BCUT2D eigenvalue weighted by Crippen LogP contribution is 2.24. The van der Waals surface area contributed by atoms with Crippen LogP contribution in [0.1, 0.15) is 13.8 Å². The molecule has 1 rings (SSSR count). The molecule has 0 fully saturated rings. The molecule has 102 valence electrons. The highest BCUT2D eigenvalue weighted by atomic mass is 32.2. The summed E-state index contributed by atoms with van der Waals surface area (Å²) in [4.78, 5) is -0.0142. The third-order valence-electron chi connectivity index (χ3n) is 2.70. The molecule has 0 aliphatic rings. The maximum Gasteiger partial charge on any atom is 0.238 e. The molecule has 0 aliphatic heterocycles. The molecule has 0 aliphatic carbocycles. The Morgan fingerprint density at radius 1 is 1.39 bits per heavy atom. The number of anilines is 2. The van der Waals surface area contributed by atoms with E-state index < -0.39 is 10.0 Å². The molecule has 18 heavy (non-hydrogen) atoms. The van der Waals surface area contributed by atoms with Crippen molar-refractivity contribution in [2.24, 2.45) is 11.1 Å². The van der Waals surface area contributed by atoms with E-state index in [0.29, 0.717) is 11.4 Å². The van der Waals surface area contributed by atoms with Crippen LogP contribution in [0.25, 0.3) is 0 Å². The van der Waals surface area contributed by atoms with Crippen LogP contribution in [0.4, 0.5) is 11.4 Å². The first-order chi connectivity index (χ1) is 8.25. The summed E-state index contributed by atoms with van der Waals surface area (Å²) in [6, 6.07) is 3.98. The van der Waals surface area contributed by atoms with Gasteiger partial charge in [-0.05, 0) is 24.1 Å². The highest BCUT2D eigenvalue weighted by Gasteiger charge is 2.15. The Kier molecular flexibility index (Phi) is 4.55. The first-order valence-corrected chi connectivity index (χ1v) is 7.10. The molecule has 0 amide bonds. The van der Waals surface area contributed by atoms with E-state index in [1.165, 1.54) is 18.2 Å². The van der Waals surface area contributed by atoms with E-state index >= 15 is 0 Å². The van der Waals surface area contributed by atoms with E-state index in [1.54, 1.807) is 0 Å². The van der Waals surface area contributed by atoms with E-state index in [9.17, 15) is 13.5 Å².